The lowest BCUT2D eigenvalue weighted by atomic mass is 10.1. The molecule has 4 heteroatoms. The molecule has 0 atom stereocenters. The summed E-state index contributed by atoms with van der Waals surface area (Å²) in [5, 5.41) is 2.62. The van der Waals surface area contributed by atoms with Gasteiger partial charge in [0, 0.05) is 11.3 Å². The van der Waals surface area contributed by atoms with Crippen LogP contribution in [0, 0.1) is 18.8 Å². The predicted octanol–water partition coefficient (Wildman–Crippen LogP) is 1.48. The van der Waals surface area contributed by atoms with Gasteiger partial charge in [0.25, 0.3) is 0 Å². The summed E-state index contributed by atoms with van der Waals surface area (Å²) in [5.74, 6) is 5.65. The molecule has 0 aliphatic carbocycles. The Morgan fingerprint density at radius 1 is 1.56 bits per heavy atom. The van der Waals surface area contributed by atoms with Crippen molar-refractivity contribution in [1.29, 1.82) is 0 Å². The number of hydrogen-bond acceptors (Lipinski definition) is 3. The summed E-state index contributed by atoms with van der Waals surface area (Å²) in [4.78, 5) is 11.1. The second-order valence-corrected chi connectivity index (χ2v) is 3.15. The highest BCUT2D eigenvalue weighted by Crippen LogP contribution is 2.16. The van der Waals surface area contributed by atoms with Crippen LogP contribution in [0.2, 0.25) is 0 Å². The van der Waals surface area contributed by atoms with Crippen molar-refractivity contribution < 1.29 is 9.53 Å². The fourth-order valence-electron chi connectivity index (χ4n) is 1.15. The van der Waals surface area contributed by atoms with Gasteiger partial charge in [0.1, 0.15) is 0 Å². The van der Waals surface area contributed by atoms with E-state index in [2.05, 4.69) is 21.9 Å². The van der Waals surface area contributed by atoms with Gasteiger partial charge in [-0.25, -0.2) is 4.79 Å². The molecular weight excluding hydrogens is 204 g/mol. The zero-order valence-corrected chi connectivity index (χ0v) is 9.33. The van der Waals surface area contributed by atoms with E-state index >= 15 is 0 Å². The number of benzene rings is 1. The molecule has 0 saturated heterocycles. The molecule has 1 amide bonds. The van der Waals surface area contributed by atoms with Crippen molar-refractivity contribution in [2.75, 3.05) is 19.0 Å². The Morgan fingerprint density at radius 2 is 2.31 bits per heavy atom. The van der Waals surface area contributed by atoms with Crippen molar-refractivity contribution in [3.8, 4) is 11.8 Å². The van der Waals surface area contributed by atoms with Gasteiger partial charge in [0.15, 0.2) is 0 Å². The van der Waals surface area contributed by atoms with Crippen LogP contribution in [0.3, 0.4) is 0 Å². The SMILES string of the molecule is COC(=O)Nc1cc(C#CCN)ccc1C. The number of methoxy groups -OCH3 is 1. The topological polar surface area (TPSA) is 64.3 Å². The molecule has 0 aromatic heterocycles. The Labute approximate surface area is 94.8 Å². The fraction of sp³-hybridized carbons (Fsp3) is 0.250. The van der Waals surface area contributed by atoms with E-state index in [4.69, 9.17) is 5.73 Å². The van der Waals surface area contributed by atoms with E-state index in [0.29, 0.717) is 12.2 Å². The Kier molecular flexibility index (Phi) is 4.37. The molecule has 16 heavy (non-hydrogen) atoms. The first-order valence-electron chi connectivity index (χ1n) is 4.82. The molecule has 0 bridgehead atoms. The zero-order chi connectivity index (χ0) is 12.0. The van der Waals surface area contributed by atoms with E-state index in [1.807, 2.05) is 19.1 Å². The summed E-state index contributed by atoms with van der Waals surface area (Å²) >= 11 is 0. The summed E-state index contributed by atoms with van der Waals surface area (Å²) in [7, 11) is 1.32. The van der Waals surface area contributed by atoms with Crippen molar-refractivity contribution >= 4 is 11.8 Å². The molecule has 0 aliphatic heterocycles. The van der Waals surface area contributed by atoms with Gasteiger partial charge < -0.3 is 10.5 Å². The number of hydrogen-bond donors (Lipinski definition) is 2. The van der Waals surface area contributed by atoms with Gasteiger partial charge in [-0.05, 0) is 24.6 Å². The molecule has 0 fully saturated rings. The van der Waals surface area contributed by atoms with Crippen LogP contribution in [0.5, 0.6) is 0 Å². The molecule has 4 nitrogen and oxygen atoms in total. The number of rotatable bonds is 1. The maximum Gasteiger partial charge on any atom is 0.411 e. The highest BCUT2D eigenvalue weighted by Gasteiger charge is 2.03. The second-order valence-electron chi connectivity index (χ2n) is 3.15. The third-order valence-corrected chi connectivity index (χ3v) is 1.99. The minimum atomic E-state index is -0.493. The number of amides is 1. The summed E-state index contributed by atoms with van der Waals surface area (Å²) in [5.41, 5.74) is 7.73. The van der Waals surface area contributed by atoms with Gasteiger partial charge in [-0.15, -0.1) is 0 Å². The van der Waals surface area contributed by atoms with Gasteiger partial charge in [-0.2, -0.15) is 0 Å². The lowest BCUT2D eigenvalue weighted by molar-refractivity contribution is 0.187. The molecule has 1 aromatic carbocycles. The summed E-state index contributed by atoms with van der Waals surface area (Å²) in [6, 6.07) is 5.54. The van der Waals surface area contributed by atoms with Crippen LogP contribution in [0.25, 0.3) is 0 Å². The average Bonchev–Trinajstić information content (AvgIpc) is 2.30. The molecule has 0 radical (unpaired) electrons. The van der Waals surface area contributed by atoms with Gasteiger partial charge in [0.05, 0.1) is 13.7 Å². The van der Waals surface area contributed by atoms with Crippen molar-refractivity contribution in [3.63, 3.8) is 0 Å². The van der Waals surface area contributed by atoms with Crippen LogP contribution in [-0.2, 0) is 4.74 Å². The lowest BCUT2D eigenvalue weighted by Crippen LogP contribution is -2.11. The molecule has 1 aromatic rings. The highest BCUT2D eigenvalue weighted by molar-refractivity contribution is 5.85. The Hall–Kier alpha value is -1.99. The zero-order valence-electron chi connectivity index (χ0n) is 9.33. The van der Waals surface area contributed by atoms with Crippen molar-refractivity contribution in [3.05, 3.63) is 29.3 Å². The maximum atomic E-state index is 11.1. The van der Waals surface area contributed by atoms with Gasteiger partial charge in [0.2, 0.25) is 0 Å². The van der Waals surface area contributed by atoms with Crippen LogP contribution in [0.4, 0.5) is 10.5 Å². The molecule has 0 saturated carbocycles. The fourth-order valence-corrected chi connectivity index (χ4v) is 1.15. The van der Waals surface area contributed by atoms with E-state index in [1.54, 1.807) is 6.07 Å². The third kappa shape index (κ3) is 3.30. The first-order chi connectivity index (χ1) is 7.67. The Balaban J connectivity index is 2.94. The number of carbonyl (C=O) groups is 1. The summed E-state index contributed by atoms with van der Waals surface area (Å²) in [6.45, 7) is 2.21. The molecular formula is C12H14N2O2. The average molecular weight is 218 g/mol. The van der Waals surface area contributed by atoms with Crippen molar-refractivity contribution in [2.45, 2.75) is 6.92 Å². The number of aryl methyl sites for hydroxylation is 1. The van der Waals surface area contributed by atoms with E-state index in [-0.39, 0.29) is 0 Å². The molecule has 0 spiro atoms. The molecule has 1 rings (SSSR count). The molecule has 3 N–H and O–H groups in total. The van der Waals surface area contributed by atoms with E-state index in [9.17, 15) is 4.79 Å². The largest absolute Gasteiger partial charge is 0.453 e. The Morgan fingerprint density at radius 3 is 2.94 bits per heavy atom. The monoisotopic (exact) mass is 218 g/mol. The normalized spacial score (nSPS) is 8.94. The van der Waals surface area contributed by atoms with Crippen LogP contribution < -0.4 is 11.1 Å². The Bertz CT molecular complexity index is 444. The predicted molar refractivity (Wildman–Crippen MR) is 63.1 cm³/mol. The van der Waals surface area contributed by atoms with Crippen LogP contribution in [-0.4, -0.2) is 19.7 Å². The summed E-state index contributed by atoms with van der Waals surface area (Å²) in [6.07, 6.45) is -0.493. The number of nitrogens with two attached hydrogens (primary N) is 1. The van der Waals surface area contributed by atoms with Crippen molar-refractivity contribution in [2.24, 2.45) is 5.73 Å². The van der Waals surface area contributed by atoms with Crippen LogP contribution in [0.15, 0.2) is 18.2 Å². The maximum absolute atomic E-state index is 11.1. The van der Waals surface area contributed by atoms with Gasteiger partial charge in [-0.3, -0.25) is 5.32 Å². The third-order valence-electron chi connectivity index (χ3n) is 1.99. The molecule has 0 heterocycles. The van der Waals surface area contributed by atoms with Gasteiger partial charge >= 0.3 is 6.09 Å². The first kappa shape index (κ1) is 12.1. The van der Waals surface area contributed by atoms with E-state index in [0.717, 1.165) is 11.1 Å². The number of carbonyl (C=O) groups excluding carboxylic acids is 1. The van der Waals surface area contributed by atoms with Crippen molar-refractivity contribution in [1.82, 2.24) is 0 Å². The summed E-state index contributed by atoms with van der Waals surface area (Å²) < 4.78 is 4.52. The highest BCUT2D eigenvalue weighted by atomic mass is 16.5. The molecule has 84 valence electrons. The standard InChI is InChI=1S/C12H14N2O2/c1-9-5-6-10(4-3-7-13)8-11(9)14-12(15)16-2/h5-6,8H,7,13H2,1-2H3,(H,14,15). The number of ether oxygens (including phenoxy) is 1. The first-order valence-corrected chi connectivity index (χ1v) is 4.82. The molecule has 0 unspecified atom stereocenters. The number of nitrogens with one attached hydrogen (secondary N) is 1. The van der Waals surface area contributed by atoms with Crippen LogP contribution >= 0.6 is 0 Å². The smallest absolute Gasteiger partial charge is 0.411 e. The lowest BCUT2D eigenvalue weighted by Gasteiger charge is -2.07. The second kappa shape index (κ2) is 5.79. The molecule has 0 aliphatic rings. The number of anilines is 1. The quantitative estimate of drug-likeness (QED) is 0.702. The van der Waals surface area contributed by atoms with Crippen LogP contribution in [0.1, 0.15) is 11.1 Å². The van der Waals surface area contributed by atoms with E-state index < -0.39 is 6.09 Å². The minimum Gasteiger partial charge on any atom is -0.453 e. The van der Waals surface area contributed by atoms with E-state index in [1.165, 1.54) is 7.11 Å². The van der Waals surface area contributed by atoms with Gasteiger partial charge in [-0.1, -0.05) is 17.9 Å². The minimum absolute atomic E-state index is 0.313.